The van der Waals surface area contributed by atoms with E-state index in [-0.39, 0.29) is 10.8 Å². The van der Waals surface area contributed by atoms with Gasteiger partial charge in [-0.25, -0.2) is 17.8 Å². The molecule has 18 heavy (non-hydrogen) atoms. The summed E-state index contributed by atoms with van der Waals surface area (Å²) in [5, 5.41) is -0.206. The third-order valence-corrected chi connectivity index (χ3v) is 4.15. The molecule has 1 aromatic heterocycles. The fourth-order valence-electron chi connectivity index (χ4n) is 1.40. The van der Waals surface area contributed by atoms with Crippen LogP contribution < -0.4 is 0 Å². The molecule has 8 heteroatoms. The summed E-state index contributed by atoms with van der Waals surface area (Å²) in [4.78, 5) is 3.68. The van der Waals surface area contributed by atoms with Gasteiger partial charge in [-0.1, -0.05) is 22.0 Å². The van der Waals surface area contributed by atoms with E-state index >= 15 is 0 Å². The van der Waals surface area contributed by atoms with Crippen LogP contribution in [0.3, 0.4) is 0 Å². The Balaban J connectivity index is 2.27. The molecular weight excluding hydrogens is 347 g/mol. The highest BCUT2D eigenvalue weighted by Gasteiger charge is 2.13. The molecule has 96 valence electrons. The fourth-order valence-corrected chi connectivity index (χ4v) is 2.55. The number of hydrogen-bond donors (Lipinski definition) is 0. The Kier molecular flexibility index (Phi) is 3.74. The molecule has 0 saturated heterocycles. The van der Waals surface area contributed by atoms with Gasteiger partial charge in [0.25, 0.3) is 9.05 Å². The van der Waals surface area contributed by atoms with Crippen LogP contribution in [0.15, 0.2) is 40.2 Å². The summed E-state index contributed by atoms with van der Waals surface area (Å²) in [6.45, 7) is 0.361. The van der Waals surface area contributed by atoms with Crippen LogP contribution in [0.25, 0.3) is 0 Å². The van der Waals surface area contributed by atoms with Gasteiger partial charge in [-0.2, -0.15) is 0 Å². The molecule has 0 aliphatic rings. The van der Waals surface area contributed by atoms with Crippen LogP contribution in [0.2, 0.25) is 0 Å². The topological polar surface area (TPSA) is 52.0 Å². The Morgan fingerprint density at radius 1 is 1.44 bits per heavy atom. The molecule has 0 saturated carbocycles. The van der Waals surface area contributed by atoms with Crippen molar-refractivity contribution in [3.8, 4) is 0 Å². The average molecular weight is 354 g/mol. The molecule has 0 bridgehead atoms. The summed E-state index contributed by atoms with van der Waals surface area (Å²) in [5.41, 5.74) is 0.798. The van der Waals surface area contributed by atoms with Crippen molar-refractivity contribution in [1.82, 2.24) is 9.55 Å². The second kappa shape index (κ2) is 4.99. The van der Waals surface area contributed by atoms with Crippen molar-refractivity contribution in [2.24, 2.45) is 0 Å². The Morgan fingerprint density at radius 2 is 2.17 bits per heavy atom. The summed E-state index contributed by atoms with van der Waals surface area (Å²) < 4.78 is 37.1. The van der Waals surface area contributed by atoms with E-state index < -0.39 is 9.05 Å². The number of rotatable bonds is 3. The van der Waals surface area contributed by atoms with Gasteiger partial charge < -0.3 is 4.57 Å². The van der Waals surface area contributed by atoms with Crippen molar-refractivity contribution >= 4 is 35.7 Å². The Morgan fingerprint density at radius 3 is 2.72 bits per heavy atom. The van der Waals surface area contributed by atoms with E-state index in [4.69, 9.17) is 10.7 Å². The van der Waals surface area contributed by atoms with Crippen LogP contribution in [-0.2, 0) is 15.6 Å². The van der Waals surface area contributed by atoms with E-state index in [0.717, 1.165) is 5.56 Å². The summed E-state index contributed by atoms with van der Waals surface area (Å²) in [6, 6.07) is 4.27. The van der Waals surface area contributed by atoms with Gasteiger partial charge in [-0.05, 0) is 17.7 Å². The number of aromatic nitrogens is 2. The molecule has 4 nitrogen and oxygen atoms in total. The molecule has 2 rings (SSSR count). The maximum atomic E-state index is 12.9. The highest BCUT2D eigenvalue weighted by molar-refractivity contribution is 9.10. The third kappa shape index (κ3) is 3.09. The monoisotopic (exact) mass is 352 g/mol. The quantitative estimate of drug-likeness (QED) is 0.797. The Labute approximate surface area is 116 Å². The first-order chi connectivity index (χ1) is 8.36. The highest BCUT2D eigenvalue weighted by Crippen LogP contribution is 2.20. The fraction of sp³-hybridized carbons (Fsp3) is 0.100. The van der Waals surface area contributed by atoms with Crippen LogP contribution >= 0.6 is 26.6 Å². The minimum atomic E-state index is -3.82. The molecule has 0 aliphatic carbocycles. The van der Waals surface area contributed by atoms with Crippen molar-refractivity contribution < 1.29 is 12.8 Å². The number of halogens is 3. The Bertz CT molecular complexity index is 687. The van der Waals surface area contributed by atoms with Gasteiger partial charge >= 0.3 is 0 Å². The van der Waals surface area contributed by atoms with Crippen molar-refractivity contribution in [2.45, 2.75) is 11.6 Å². The average Bonchev–Trinajstić information content (AvgIpc) is 2.70. The number of nitrogens with zero attached hydrogens (tertiary/aromatic N) is 2. The summed E-state index contributed by atoms with van der Waals surface area (Å²) >= 11 is 3.23. The highest BCUT2D eigenvalue weighted by atomic mass is 79.9. The summed E-state index contributed by atoms with van der Waals surface area (Å²) in [6.07, 6.45) is 2.67. The molecule has 1 aromatic carbocycles. The predicted octanol–water partition coefficient (Wildman–Crippen LogP) is 2.76. The maximum Gasteiger partial charge on any atom is 0.280 e. The number of hydrogen-bond acceptors (Lipinski definition) is 3. The van der Waals surface area contributed by atoms with E-state index in [1.165, 1.54) is 24.7 Å². The smallest absolute Gasteiger partial charge is 0.280 e. The molecule has 0 radical (unpaired) electrons. The largest absolute Gasteiger partial charge is 0.332 e. The minimum Gasteiger partial charge on any atom is -0.332 e. The van der Waals surface area contributed by atoms with Crippen molar-refractivity contribution in [2.75, 3.05) is 0 Å². The first-order valence-corrected chi connectivity index (χ1v) is 7.87. The predicted molar refractivity (Wildman–Crippen MR) is 68.5 cm³/mol. The summed E-state index contributed by atoms with van der Waals surface area (Å²) in [7, 11) is 1.34. The van der Waals surface area contributed by atoms with Gasteiger partial charge in [0.2, 0.25) is 0 Å². The molecule has 2 aromatic rings. The molecule has 1 heterocycles. The SMILES string of the molecule is O=S(=O)(Cl)c1cn(Cc2ccc(F)cc2Br)cn1. The second-order valence-electron chi connectivity index (χ2n) is 3.56. The van der Waals surface area contributed by atoms with Crippen molar-refractivity contribution in [1.29, 1.82) is 0 Å². The van der Waals surface area contributed by atoms with Crippen LogP contribution in [0.4, 0.5) is 4.39 Å². The van der Waals surface area contributed by atoms with Crippen LogP contribution in [-0.4, -0.2) is 18.0 Å². The van der Waals surface area contributed by atoms with Gasteiger partial charge in [0.05, 0.1) is 6.33 Å². The van der Waals surface area contributed by atoms with E-state index in [1.807, 2.05) is 0 Å². The lowest BCUT2D eigenvalue weighted by molar-refractivity contribution is 0.606. The van der Waals surface area contributed by atoms with Gasteiger partial charge in [0.1, 0.15) is 5.82 Å². The minimum absolute atomic E-state index is 0.206. The van der Waals surface area contributed by atoms with E-state index in [1.54, 1.807) is 10.6 Å². The van der Waals surface area contributed by atoms with E-state index in [2.05, 4.69) is 20.9 Å². The van der Waals surface area contributed by atoms with Gasteiger partial charge in [-0.15, -0.1) is 0 Å². The van der Waals surface area contributed by atoms with E-state index in [0.29, 0.717) is 11.0 Å². The molecule has 0 unspecified atom stereocenters. The molecule has 0 N–H and O–H groups in total. The molecule has 0 atom stereocenters. The summed E-state index contributed by atoms with van der Waals surface area (Å²) in [5.74, 6) is -0.347. The van der Waals surface area contributed by atoms with Gasteiger partial charge in [0.15, 0.2) is 5.03 Å². The number of imidazole rings is 1. The molecule has 0 spiro atoms. The van der Waals surface area contributed by atoms with Crippen molar-refractivity contribution in [3.05, 3.63) is 46.6 Å². The molecular formula is C10H7BrClFN2O2S. The maximum absolute atomic E-state index is 12.9. The molecule has 0 amide bonds. The Hall–Kier alpha value is -0.920. The molecule has 0 aliphatic heterocycles. The van der Waals surface area contributed by atoms with Crippen molar-refractivity contribution in [3.63, 3.8) is 0 Å². The normalized spacial score (nSPS) is 11.7. The zero-order valence-corrected chi connectivity index (χ0v) is 12.0. The van der Waals surface area contributed by atoms with Gasteiger partial charge in [0, 0.05) is 27.9 Å². The first-order valence-electron chi connectivity index (χ1n) is 4.76. The molecule has 0 fully saturated rings. The van der Waals surface area contributed by atoms with Crippen LogP contribution in [0.5, 0.6) is 0 Å². The standard InChI is InChI=1S/C10H7BrClFN2O2S/c11-9-3-8(13)2-1-7(9)4-15-5-10(14-6-15)18(12,16)17/h1-3,5-6H,4H2. The van der Waals surface area contributed by atoms with Gasteiger partial charge in [-0.3, -0.25) is 0 Å². The zero-order chi connectivity index (χ0) is 13.3. The first kappa shape index (κ1) is 13.5. The number of benzene rings is 1. The third-order valence-electron chi connectivity index (χ3n) is 2.23. The second-order valence-corrected chi connectivity index (χ2v) is 6.92. The van der Waals surface area contributed by atoms with Crippen LogP contribution in [0.1, 0.15) is 5.56 Å². The lowest BCUT2D eigenvalue weighted by Crippen LogP contribution is -1.98. The van der Waals surface area contributed by atoms with Crippen LogP contribution in [0, 0.1) is 5.82 Å². The lowest BCUT2D eigenvalue weighted by atomic mass is 10.2. The zero-order valence-electron chi connectivity index (χ0n) is 8.85. The van der Waals surface area contributed by atoms with E-state index in [9.17, 15) is 12.8 Å². The lowest BCUT2D eigenvalue weighted by Gasteiger charge is -2.05.